The number of hydrogen-bond donors (Lipinski definition) is 0. The lowest BCUT2D eigenvalue weighted by Gasteiger charge is -1.55. The third-order valence-corrected chi connectivity index (χ3v) is 0.327. The zero-order valence-corrected chi connectivity index (χ0v) is 3.13. The van der Waals surface area contributed by atoms with Crippen molar-refractivity contribution < 1.29 is 0 Å². The molecule has 0 bridgehead atoms. The minimum atomic E-state index is 0. The molecule has 0 aromatic heterocycles. The van der Waals surface area contributed by atoms with Gasteiger partial charge in [-0.3, -0.25) is 0 Å². The molecule has 5 heavy (non-hydrogen) atoms. The van der Waals surface area contributed by atoms with Crippen molar-refractivity contribution in [2.24, 2.45) is 0 Å². The molecule has 0 radical (unpaired) electrons. The van der Waals surface area contributed by atoms with Crippen LogP contribution in [0.4, 0.5) is 0 Å². The van der Waals surface area contributed by atoms with Gasteiger partial charge in [0.05, 0.1) is 0 Å². The molecule has 0 heterocycles. The average molecular weight is 103 g/mol. The molecule has 0 fully saturated rings. The number of hydrogen-bond acceptors (Lipinski definition) is 0. The molecule has 0 aliphatic heterocycles. The van der Waals surface area contributed by atoms with Gasteiger partial charge in [-0.1, -0.05) is 6.08 Å². The average Bonchev–Trinajstić information content (AvgIpc) is 1.37. The third kappa shape index (κ3) is 11.6. The van der Waals surface area contributed by atoms with Crippen molar-refractivity contribution in [1.29, 1.82) is 0 Å². The smallest absolute Gasteiger partial charge is 0.122 e. The predicted octanol–water partition coefficient (Wildman–Crippen LogP) is 0.495. The van der Waals surface area contributed by atoms with Gasteiger partial charge in [0, 0.05) is 5.88 Å². The first-order chi connectivity index (χ1) is 1.91. The van der Waals surface area contributed by atoms with Gasteiger partial charge in [-0.05, 0) is 0 Å². The lowest BCUT2D eigenvalue weighted by molar-refractivity contribution is 1.80. The van der Waals surface area contributed by atoms with E-state index in [9.17, 15) is 0 Å². The molecule has 0 aliphatic rings. The molecule has 0 saturated carbocycles. The molecule has 0 aromatic carbocycles. The van der Waals surface area contributed by atoms with Crippen molar-refractivity contribution >= 4 is 34.7 Å². The molecule has 0 unspecified atom stereocenters. The van der Waals surface area contributed by atoms with E-state index in [2.05, 4.69) is 6.58 Å². The zero-order chi connectivity index (χ0) is 3.41. The summed E-state index contributed by atoms with van der Waals surface area (Å²) in [4.78, 5) is 0. The molecule has 0 aromatic rings. The monoisotopic (exact) mass is 102 g/mol. The molecular formula is C3H7ClMg. The quantitative estimate of drug-likeness (QED) is 0.257. The Labute approximate surface area is 53.4 Å². The summed E-state index contributed by atoms with van der Waals surface area (Å²) in [5, 5.41) is 0. The van der Waals surface area contributed by atoms with Crippen molar-refractivity contribution in [2.45, 2.75) is 0 Å². The summed E-state index contributed by atoms with van der Waals surface area (Å²) < 4.78 is 0. The highest BCUT2D eigenvalue weighted by Gasteiger charge is 1.48. The lowest BCUT2D eigenvalue weighted by Crippen LogP contribution is -1.45. The summed E-state index contributed by atoms with van der Waals surface area (Å²) in [6.07, 6.45) is 1.64. The molecule has 0 aliphatic carbocycles. The largest absolute Gasteiger partial charge is 0.316 e. The van der Waals surface area contributed by atoms with Crippen LogP contribution in [0.3, 0.4) is 0 Å². The first-order valence-corrected chi connectivity index (χ1v) is 1.62. The van der Waals surface area contributed by atoms with Crippen LogP contribution in [-0.2, 0) is 0 Å². The van der Waals surface area contributed by atoms with E-state index in [1.807, 2.05) is 0 Å². The van der Waals surface area contributed by atoms with E-state index in [1.54, 1.807) is 6.08 Å². The third-order valence-electron chi connectivity index (χ3n) is 0.109. The van der Waals surface area contributed by atoms with E-state index in [0.29, 0.717) is 5.88 Å². The molecule has 0 N–H and O–H groups in total. The lowest BCUT2D eigenvalue weighted by atomic mass is 10.8. The van der Waals surface area contributed by atoms with Crippen molar-refractivity contribution in [1.82, 2.24) is 0 Å². The van der Waals surface area contributed by atoms with Gasteiger partial charge in [-0.2, -0.15) is 0 Å². The van der Waals surface area contributed by atoms with Gasteiger partial charge in [-0.25, -0.2) is 0 Å². The summed E-state index contributed by atoms with van der Waals surface area (Å²) in [6, 6.07) is 0. The Bertz CT molecular complexity index is 20.9. The number of halogens is 1. The van der Waals surface area contributed by atoms with Crippen LogP contribution in [-0.4, -0.2) is 28.9 Å². The van der Waals surface area contributed by atoms with Crippen molar-refractivity contribution in [3.63, 3.8) is 0 Å². The Morgan fingerprint density at radius 1 is 1.80 bits per heavy atom. The first kappa shape index (κ1) is 9.25. The number of allylic oxidation sites excluding steroid dienone is 1. The highest BCUT2D eigenvalue weighted by molar-refractivity contribution is 6.18. The highest BCUT2D eigenvalue weighted by Crippen LogP contribution is 1.67. The van der Waals surface area contributed by atoms with Gasteiger partial charge in [0.25, 0.3) is 0 Å². The predicted molar refractivity (Wildman–Crippen MR) is 29.5 cm³/mol. The van der Waals surface area contributed by atoms with Crippen LogP contribution >= 0.6 is 11.6 Å². The Hall–Kier alpha value is 0.796. The highest BCUT2D eigenvalue weighted by atomic mass is 35.5. The fourth-order valence-corrected chi connectivity index (χ4v) is 0. The van der Waals surface area contributed by atoms with Crippen molar-refractivity contribution in [3.8, 4) is 0 Å². The molecule has 0 saturated heterocycles. The molecule has 0 nitrogen and oxygen atoms in total. The molecular weight excluding hydrogens is 95.8 g/mol. The minimum absolute atomic E-state index is 0. The van der Waals surface area contributed by atoms with Crippen LogP contribution in [0, 0.1) is 0 Å². The second-order valence-corrected chi connectivity index (χ2v) is 0.752. The van der Waals surface area contributed by atoms with Gasteiger partial charge < -0.3 is 0 Å². The van der Waals surface area contributed by atoms with E-state index in [4.69, 9.17) is 11.6 Å². The van der Waals surface area contributed by atoms with Gasteiger partial charge in [0.1, 0.15) is 0 Å². The molecule has 0 spiro atoms. The molecule has 0 amide bonds. The molecule has 0 atom stereocenters. The van der Waals surface area contributed by atoms with E-state index in [-0.39, 0.29) is 23.1 Å². The molecule has 28 valence electrons. The summed E-state index contributed by atoms with van der Waals surface area (Å²) in [7, 11) is 0. The van der Waals surface area contributed by atoms with E-state index < -0.39 is 0 Å². The summed E-state index contributed by atoms with van der Waals surface area (Å²) in [5.74, 6) is 0.556. The molecule has 2 heteroatoms. The Kier molecular flexibility index (Phi) is 16.4. The van der Waals surface area contributed by atoms with Crippen LogP contribution in [0.2, 0.25) is 0 Å². The fraction of sp³-hybridized carbons (Fsp3) is 0.333. The van der Waals surface area contributed by atoms with Gasteiger partial charge >= 0.3 is 23.1 Å². The maximum atomic E-state index is 5.07. The second kappa shape index (κ2) is 8.84. The fourth-order valence-electron chi connectivity index (χ4n) is 0. The number of alkyl halides is 1. The van der Waals surface area contributed by atoms with E-state index in [1.165, 1.54) is 0 Å². The van der Waals surface area contributed by atoms with Crippen LogP contribution in [0.5, 0.6) is 0 Å². The van der Waals surface area contributed by atoms with Crippen LogP contribution < -0.4 is 0 Å². The number of rotatable bonds is 1. The normalized spacial score (nSPS) is 5.00. The van der Waals surface area contributed by atoms with Crippen LogP contribution in [0.1, 0.15) is 0 Å². The molecule has 0 rings (SSSR count). The van der Waals surface area contributed by atoms with Crippen molar-refractivity contribution in [2.75, 3.05) is 5.88 Å². The maximum absolute atomic E-state index is 5.07. The van der Waals surface area contributed by atoms with E-state index >= 15 is 0 Å². The maximum Gasteiger partial charge on any atom is 0.316 e. The van der Waals surface area contributed by atoms with Gasteiger partial charge in [0.15, 0.2) is 0 Å². The van der Waals surface area contributed by atoms with Crippen molar-refractivity contribution in [3.05, 3.63) is 12.7 Å². The minimum Gasteiger partial charge on any atom is -0.122 e. The summed E-state index contributed by atoms with van der Waals surface area (Å²) in [6.45, 7) is 3.35. The van der Waals surface area contributed by atoms with E-state index in [0.717, 1.165) is 0 Å². The Balaban J connectivity index is 0. The second-order valence-electron chi connectivity index (χ2n) is 0.443. The zero-order valence-electron chi connectivity index (χ0n) is 2.37. The Morgan fingerprint density at radius 3 is 2.00 bits per heavy atom. The summed E-state index contributed by atoms with van der Waals surface area (Å²) >= 11 is 5.07. The van der Waals surface area contributed by atoms with Crippen LogP contribution in [0.25, 0.3) is 0 Å². The summed E-state index contributed by atoms with van der Waals surface area (Å²) in [5.41, 5.74) is 0. The SMILES string of the molecule is C=CCCl.[MgH2]. The Morgan fingerprint density at radius 2 is 2.00 bits per heavy atom. The standard InChI is InChI=1S/C3H5Cl.Mg.2H/c1-2-3-4;;;/h2H,1,3H2;;;. The van der Waals surface area contributed by atoms with Gasteiger partial charge in [-0.15, -0.1) is 18.2 Å². The first-order valence-electron chi connectivity index (χ1n) is 1.08. The van der Waals surface area contributed by atoms with Crippen LogP contribution in [0.15, 0.2) is 12.7 Å². The van der Waals surface area contributed by atoms with Gasteiger partial charge in [0.2, 0.25) is 0 Å². The topological polar surface area (TPSA) is 0 Å².